The Morgan fingerprint density at radius 3 is 1.89 bits per heavy atom. The van der Waals surface area contributed by atoms with E-state index in [1.54, 1.807) is 0 Å². The van der Waals surface area contributed by atoms with Crippen molar-refractivity contribution in [1.29, 1.82) is 0 Å². The summed E-state index contributed by atoms with van der Waals surface area (Å²) in [7, 11) is 0. The summed E-state index contributed by atoms with van der Waals surface area (Å²) in [6.45, 7) is 4.58. The van der Waals surface area contributed by atoms with Gasteiger partial charge in [-0.05, 0) is 0 Å². The van der Waals surface area contributed by atoms with Gasteiger partial charge in [0, 0.05) is 0 Å². The maximum atomic E-state index is 2.34. The van der Waals surface area contributed by atoms with Crippen LogP contribution in [-0.4, -0.2) is 0 Å². The summed E-state index contributed by atoms with van der Waals surface area (Å²) in [4.78, 5) is 0. The molecule has 46 valence electrons. The van der Waals surface area contributed by atoms with Gasteiger partial charge in [0.2, 0.25) is 0 Å². The molecule has 0 aromatic rings. The average molecular weight is 248 g/mol. The third-order valence-electron chi connectivity index (χ3n) is 1.88. The van der Waals surface area contributed by atoms with Gasteiger partial charge in [-0.1, -0.05) is 0 Å². The first kappa shape index (κ1) is 7.95. The van der Waals surface area contributed by atoms with Gasteiger partial charge in [0.25, 0.3) is 0 Å². The van der Waals surface area contributed by atoms with Crippen molar-refractivity contribution in [3.8, 4) is 0 Å². The van der Waals surface area contributed by atoms with Gasteiger partial charge in [0.05, 0.1) is 0 Å². The van der Waals surface area contributed by atoms with E-state index in [1.165, 1.54) is 0 Å². The molecule has 0 heterocycles. The molecule has 1 heteroatoms. The third-order valence-corrected chi connectivity index (χ3v) is 5.25. The van der Waals surface area contributed by atoms with Crippen LogP contribution in [0.25, 0.3) is 0 Å². The maximum absolute atomic E-state index is 2.34. The molecule has 0 nitrogen and oxygen atoms in total. The van der Waals surface area contributed by atoms with Crippen LogP contribution in [0.15, 0.2) is 24.3 Å². The van der Waals surface area contributed by atoms with Crippen LogP contribution in [0.4, 0.5) is 0 Å². The average Bonchev–Trinajstić information content (AvgIpc) is 2.16. The predicted octanol–water partition coefficient (Wildman–Crippen LogP) is 2.48. The summed E-state index contributed by atoms with van der Waals surface area (Å²) >= 11 is 1.04. The van der Waals surface area contributed by atoms with E-state index in [0.29, 0.717) is 0.999 Å². The molecule has 1 rings (SSSR count). The zero-order chi connectivity index (χ0) is 6.91. The van der Waals surface area contributed by atoms with Crippen molar-refractivity contribution in [2.24, 2.45) is 5.92 Å². The van der Waals surface area contributed by atoms with Crippen LogP contribution >= 0.6 is 0 Å². The Morgan fingerprint density at radius 2 is 1.67 bits per heavy atom. The Labute approximate surface area is 83.4 Å². The van der Waals surface area contributed by atoms with E-state index in [-0.39, 0.29) is 0 Å². The number of rotatable bonds is 1. The Kier molecular flexibility index (Phi) is 2.51. The van der Waals surface area contributed by atoms with Crippen LogP contribution in [0.3, 0.4) is 0 Å². The van der Waals surface area contributed by atoms with Crippen molar-refractivity contribution in [2.75, 3.05) is 0 Å². The second-order valence-electron chi connectivity index (χ2n) is 2.87. The van der Waals surface area contributed by atoms with Crippen molar-refractivity contribution in [3.63, 3.8) is 0 Å². The van der Waals surface area contributed by atoms with E-state index in [4.69, 9.17) is 0 Å². The fourth-order valence-electron chi connectivity index (χ4n) is 0.885. The molecule has 1 aliphatic carbocycles. The summed E-state index contributed by atoms with van der Waals surface area (Å²) in [5.41, 5.74) is 0. The van der Waals surface area contributed by atoms with Crippen LogP contribution < -0.4 is 0 Å². The SMILES string of the molecule is CC(C)[C]1([Pr])C=CC=C1. The van der Waals surface area contributed by atoms with Crippen molar-refractivity contribution in [2.45, 2.75) is 14.8 Å². The standard InChI is InChI=1S/C8H11.Pr/c1-7(2)8-5-3-4-6-8;/h3-7H,1-2H3;. The summed E-state index contributed by atoms with van der Waals surface area (Å²) in [5, 5.41) is 0. The Morgan fingerprint density at radius 1 is 1.22 bits per heavy atom. The van der Waals surface area contributed by atoms with E-state index < -0.39 is 0 Å². The number of hydrogen-bond donors (Lipinski definition) is 0. The minimum absolute atomic E-state index is 0.500. The molecule has 0 unspecified atom stereocenters. The number of allylic oxidation sites excluding steroid dienone is 4. The van der Waals surface area contributed by atoms with Crippen LogP contribution in [0.1, 0.15) is 13.8 Å². The predicted molar refractivity (Wildman–Crippen MR) is 35.8 cm³/mol. The zero-order valence-electron chi connectivity index (χ0n) is 5.96. The van der Waals surface area contributed by atoms with Crippen molar-refractivity contribution in [3.05, 3.63) is 24.3 Å². The van der Waals surface area contributed by atoms with Gasteiger partial charge in [-0.2, -0.15) is 0 Å². The zero-order valence-corrected chi connectivity index (χ0v) is 9.67. The van der Waals surface area contributed by atoms with Crippen LogP contribution in [0.5, 0.6) is 0 Å². The Hall–Kier alpha value is 0.844. The summed E-state index contributed by atoms with van der Waals surface area (Å²) < 4.78 is 0.500. The molecule has 0 aromatic carbocycles. The normalized spacial score (nSPS) is 21.6. The second kappa shape index (κ2) is 2.84. The molecule has 0 radical (unpaired) electrons. The van der Waals surface area contributed by atoms with Gasteiger partial charge >= 0.3 is 84.3 Å². The van der Waals surface area contributed by atoms with Gasteiger partial charge in [0.1, 0.15) is 0 Å². The van der Waals surface area contributed by atoms with Crippen molar-refractivity contribution in [1.82, 2.24) is 0 Å². The first-order chi connectivity index (χ1) is 4.15. The molecule has 0 fully saturated rings. The van der Waals surface area contributed by atoms with Crippen molar-refractivity contribution >= 4 is 0 Å². The molecular weight excluding hydrogens is 237 g/mol. The Bertz CT molecular complexity index is 142. The molecule has 0 amide bonds. The summed E-state index contributed by atoms with van der Waals surface area (Å²) in [6.07, 6.45) is 9.00. The topological polar surface area (TPSA) is 0 Å². The second-order valence-corrected chi connectivity index (χ2v) is 6.08. The van der Waals surface area contributed by atoms with Gasteiger partial charge < -0.3 is 0 Å². The molecule has 0 saturated heterocycles. The Balaban J connectivity index is 2.75. The van der Waals surface area contributed by atoms with E-state index in [1.807, 2.05) is 0 Å². The molecule has 0 saturated carbocycles. The monoisotopic (exact) mass is 248 g/mol. The fourth-order valence-corrected chi connectivity index (χ4v) is 1.60. The molecule has 0 aliphatic heterocycles. The van der Waals surface area contributed by atoms with Gasteiger partial charge in [-0.25, -0.2) is 0 Å². The van der Waals surface area contributed by atoms with E-state index >= 15 is 0 Å². The molecule has 0 spiro atoms. The van der Waals surface area contributed by atoms with Gasteiger partial charge in [-0.3, -0.25) is 0 Å². The first-order valence-corrected chi connectivity index (χ1v) is 5.16. The van der Waals surface area contributed by atoms with Crippen LogP contribution in [0, 0.1) is 45.1 Å². The molecule has 0 atom stereocenters. The molecule has 1 aliphatic rings. The summed E-state index contributed by atoms with van der Waals surface area (Å²) in [6, 6.07) is 0. The molecule has 9 heavy (non-hydrogen) atoms. The third kappa shape index (κ3) is 1.65. The van der Waals surface area contributed by atoms with E-state index in [9.17, 15) is 0 Å². The minimum atomic E-state index is 0.500. The van der Waals surface area contributed by atoms with Gasteiger partial charge in [0.15, 0.2) is 0 Å². The van der Waals surface area contributed by atoms with Gasteiger partial charge in [-0.15, -0.1) is 0 Å². The fraction of sp³-hybridized carbons (Fsp3) is 0.500. The van der Waals surface area contributed by atoms with E-state index in [2.05, 4.69) is 38.2 Å². The van der Waals surface area contributed by atoms with Crippen molar-refractivity contribution < 1.29 is 39.2 Å². The first-order valence-electron chi connectivity index (χ1n) is 3.31. The number of hydrogen-bond acceptors (Lipinski definition) is 0. The van der Waals surface area contributed by atoms with Crippen LogP contribution in [0.2, 0.25) is 0.999 Å². The molecule has 0 N–H and O–H groups in total. The summed E-state index contributed by atoms with van der Waals surface area (Å²) in [5.74, 6) is 0.789. The van der Waals surface area contributed by atoms with E-state index in [0.717, 1.165) is 45.1 Å². The molecular formula is C8H11Pr. The molecule has 0 bridgehead atoms. The van der Waals surface area contributed by atoms with Crippen LogP contribution in [-0.2, 0) is 0 Å². The quantitative estimate of drug-likeness (QED) is 0.668. The molecule has 0 aromatic heterocycles.